The highest BCUT2D eigenvalue weighted by atomic mass is 79.9. The van der Waals surface area contributed by atoms with Gasteiger partial charge in [0, 0.05) is 26.8 Å². The molecule has 0 saturated heterocycles. The number of nitrogen functional groups attached to an aromatic ring is 1. The summed E-state index contributed by atoms with van der Waals surface area (Å²) in [6, 6.07) is 16.7. The number of carbonyl (C=O) groups excluding carboxylic acids is 3. The van der Waals surface area contributed by atoms with Crippen LogP contribution in [0, 0.1) is 11.6 Å². The Morgan fingerprint density at radius 1 is 0.600 bits per heavy atom. The van der Waals surface area contributed by atoms with Gasteiger partial charge in [-0.25, -0.2) is 23.2 Å². The van der Waals surface area contributed by atoms with Gasteiger partial charge in [-0.1, -0.05) is 31.9 Å². The summed E-state index contributed by atoms with van der Waals surface area (Å²) in [5.74, 6) is -1.65. The van der Waals surface area contributed by atoms with Crippen molar-refractivity contribution in [2.24, 2.45) is 0 Å². The predicted molar refractivity (Wildman–Crippen MR) is 209 cm³/mol. The first-order chi connectivity index (χ1) is 25.3. The van der Waals surface area contributed by atoms with Crippen molar-refractivity contribution in [1.29, 1.82) is 0 Å². The number of aromatic hydroxyl groups is 1. The number of halogens is 4. The maximum absolute atomic E-state index is 15.2. The minimum atomic E-state index is -1.04. The average molecular weight is 897 g/mol. The van der Waals surface area contributed by atoms with E-state index < -0.39 is 46.8 Å². The molecule has 12 nitrogen and oxygen atoms in total. The summed E-state index contributed by atoms with van der Waals surface area (Å²) in [5, 5.41) is 9.60. The molecule has 4 aromatic rings. The molecule has 0 fully saturated rings. The lowest BCUT2D eigenvalue weighted by Gasteiger charge is -2.28. The number of amides is 2. The van der Waals surface area contributed by atoms with Crippen LogP contribution in [0.2, 0.25) is 0 Å². The number of hydrogen-bond acceptors (Lipinski definition) is 11. The minimum Gasteiger partial charge on any atom is -0.504 e. The summed E-state index contributed by atoms with van der Waals surface area (Å²) in [5.41, 5.74) is 2.95. The fourth-order valence-electron chi connectivity index (χ4n) is 4.03. The van der Waals surface area contributed by atoms with Crippen molar-refractivity contribution in [2.75, 3.05) is 10.6 Å². The average Bonchev–Trinajstić information content (AvgIpc) is 3.00. The number of nitrogens with two attached hydrogens (primary N) is 1. The Balaban J connectivity index is 0.000000394. The molecule has 0 unspecified atom stereocenters. The van der Waals surface area contributed by atoms with Crippen molar-refractivity contribution in [3.63, 3.8) is 0 Å². The van der Waals surface area contributed by atoms with Crippen molar-refractivity contribution < 1.29 is 56.7 Å². The van der Waals surface area contributed by atoms with Gasteiger partial charge in [-0.3, -0.25) is 0 Å². The number of ether oxygens (including phenoxy) is 6. The zero-order valence-corrected chi connectivity index (χ0v) is 34.8. The van der Waals surface area contributed by atoms with Crippen LogP contribution in [0.4, 0.5) is 34.5 Å². The Morgan fingerprint density at radius 2 is 1.05 bits per heavy atom. The maximum atomic E-state index is 15.2. The highest BCUT2D eigenvalue weighted by Gasteiger charge is 2.33. The highest BCUT2D eigenvalue weighted by Crippen LogP contribution is 2.37. The SMILES string of the molecule is CC(C)(C)OC(=O)Oc1cc(Br)ccc1Oc1ccc(N(C(=O)OC(C)(C)C)C(=O)OC(C)(C)C)cc1F.Nc1ccc(Oc2ccc(Br)cc2O)c(F)c1. The standard InChI is InChI=1S/C27H33BrFNO8.C12H9BrFNO2/c1-25(2,3)36-22(31)30(23(32)37-26(4,5)6)17-11-13-19(18(29)15-17)34-20-12-10-16(28)14-21(20)35-24(33)38-27(7,8)9;13-7-1-3-12(10(16)5-7)17-11-4-2-8(15)6-9(11)14/h10-15H,1-9H3;1-6,16H,15H2. The van der Waals surface area contributed by atoms with E-state index in [9.17, 15) is 23.9 Å². The van der Waals surface area contributed by atoms with Gasteiger partial charge >= 0.3 is 18.3 Å². The summed E-state index contributed by atoms with van der Waals surface area (Å²) in [4.78, 5) is 38.4. The fraction of sp³-hybridized carbons (Fsp3) is 0.308. The van der Waals surface area contributed by atoms with E-state index in [2.05, 4.69) is 31.9 Å². The highest BCUT2D eigenvalue weighted by molar-refractivity contribution is 9.10. The van der Waals surface area contributed by atoms with Crippen LogP contribution in [-0.2, 0) is 14.2 Å². The molecule has 4 aromatic carbocycles. The van der Waals surface area contributed by atoms with Crippen LogP contribution >= 0.6 is 31.9 Å². The van der Waals surface area contributed by atoms with Crippen LogP contribution in [0.5, 0.6) is 34.5 Å². The maximum Gasteiger partial charge on any atom is 0.514 e. The van der Waals surface area contributed by atoms with E-state index in [0.717, 1.165) is 12.1 Å². The largest absolute Gasteiger partial charge is 0.514 e. The number of anilines is 2. The molecule has 2 amide bonds. The monoisotopic (exact) mass is 894 g/mol. The normalized spacial score (nSPS) is 11.4. The van der Waals surface area contributed by atoms with Gasteiger partial charge in [0.15, 0.2) is 46.1 Å². The summed E-state index contributed by atoms with van der Waals surface area (Å²) in [7, 11) is 0. The summed E-state index contributed by atoms with van der Waals surface area (Å²) in [6.45, 7) is 14.8. The summed E-state index contributed by atoms with van der Waals surface area (Å²) < 4.78 is 61.9. The van der Waals surface area contributed by atoms with Crippen LogP contribution < -0.4 is 24.8 Å². The number of hydrogen-bond donors (Lipinski definition) is 2. The van der Waals surface area contributed by atoms with E-state index in [4.69, 9.17) is 34.2 Å². The number of imide groups is 1. The molecule has 3 N–H and O–H groups in total. The van der Waals surface area contributed by atoms with Gasteiger partial charge in [-0.05, 0) is 123 Å². The summed E-state index contributed by atoms with van der Waals surface area (Å²) >= 11 is 6.49. The smallest absolute Gasteiger partial charge is 0.504 e. The van der Waals surface area contributed by atoms with Crippen LogP contribution in [0.3, 0.4) is 0 Å². The van der Waals surface area contributed by atoms with Crippen LogP contribution in [-0.4, -0.2) is 40.3 Å². The van der Waals surface area contributed by atoms with Gasteiger partial charge in [0.25, 0.3) is 0 Å². The van der Waals surface area contributed by atoms with Gasteiger partial charge < -0.3 is 39.3 Å². The molecular formula is C39H42Br2F2N2O10. The zero-order chi connectivity index (χ0) is 41.5. The first-order valence-electron chi connectivity index (χ1n) is 16.5. The summed E-state index contributed by atoms with van der Waals surface area (Å²) in [6.07, 6.45) is -3.05. The van der Waals surface area contributed by atoms with Gasteiger partial charge in [-0.2, -0.15) is 4.90 Å². The third-order valence-corrected chi connectivity index (χ3v) is 7.12. The number of benzene rings is 4. The lowest BCUT2D eigenvalue weighted by Crippen LogP contribution is -2.43. The van der Waals surface area contributed by atoms with Crippen molar-refractivity contribution >= 4 is 61.6 Å². The van der Waals surface area contributed by atoms with E-state index >= 15 is 4.39 Å². The molecule has 0 aliphatic rings. The van der Waals surface area contributed by atoms with Crippen LogP contribution in [0.1, 0.15) is 62.3 Å². The second-order valence-corrected chi connectivity index (χ2v) is 16.4. The second-order valence-electron chi connectivity index (χ2n) is 14.6. The molecule has 0 saturated carbocycles. The van der Waals surface area contributed by atoms with E-state index in [0.29, 0.717) is 19.5 Å². The zero-order valence-electron chi connectivity index (χ0n) is 31.6. The quantitative estimate of drug-likeness (QED) is 0.0822. The third kappa shape index (κ3) is 14.6. The Labute approximate surface area is 334 Å². The van der Waals surface area contributed by atoms with Gasteiger partial charge in [0.2, 0.25) is 0 Å². The van der Waals surface area contributed by atoms with Crippen LogP contribution in [0.25, 0.3) is 0 Å². The van der Waals surface area contributed by atoms with Crippen molar-refractivity contribution in [3.8, 4) is 34.5 Å². The predicted octanol–water partition coefficient (Wildman–Crippen LogP) is 12.0. The number of nitrogens with zero attached hydrogens (tertiary/aromatic N) is 1. The number of phenolic OH excluding ortho intramolecular Hbond substituents is 1. The topological polar surface area (TPSA) is 156 Å². The van der Waals surface area contributed by atoms with Gasteiger partial charge in [0.1, 0.15) is 16.8 Å². The molecule has 296 valence electrons. The Bertz CT molecular complexity index is 1950. The van der Waals surface area contributed by atoms with Crippen LogP contribution in [0.15, 0.2) is 81.7 Å². The molecule has 0 spiro atoms. The molecule has 55 heavy (non-hydrogen) atoms. The van der Waals surface area contributed by atoms with Crippen molar-refractivity contribution in [1.82, 2.24) is 0 Å². The molecule has 0 bridgehead atoms. The lowest BCUT2D eigenvalue weighted by atomic mass is 10.2. The fourth-order valence-corrected chi connectivity index (χ4v) is 4.72. The van der Waals surface area contributed by atoms with E-state index in [1.54, 1.807) is 74.4 Å². The van der Waals surface area contributed by atoms with Gasteiger partial charge in [0.05, 0.1) is 5.69 Å². The first-order valence-corrected chi connectivity index (χ1v) is 18.0. The molecule has 4 rings (SSSR count). The molecule has 0 aliphatic carbocycles. The molecule has 0 radical (unpaired) electrons. The molecule has 0 aromatic heterocycles. The van der Waals surface area contributed by atoms with Gasteiger partial charge in [-0.15, -0.1) is 0 Å². The Morgan fingerprint density at radius 3 is 1.55 bits per heavy atom. The molecule has 16 heteroatoms. The molecule has 0 heterocycles. The Hall–Kier alpha value is -5.09. The van der Waals surface area contributed by atoms with Crippen molar-refractivity contribution in [3.05, 3.63) is 93.4 Å². The van der Waals surface area contributed by atoms with E-state index in [1.807, 2.05) is 0 Å². The van der Waals surface area contributed by atoms with E-state index in [1.165, 1.54) is 48.5 Å². The molecule has 0 atom stereocenters. The number of rotatable bonds is 6. The molecular weight excluding hydrogens is 854 g/mol. The second kappa shape index (κ2) is 18.0. The number of carbonyl (C=O) groups is 3. The number of phenols is 1. The minimum absolute atomic E-state index is 0.0109. The third-order valence-electron chi connectivity index (χ3n) is 6.13. The first kappa shape index (κ1) is 44.3. The lowest BCUT2D eigenvalue weighted by molar-refractivity contribution is 0.0200. The van der Waals surface area contributed by atoms with Crippen molar-refractivity contribution in [2.45, 2.75) is 79.1 Å². The van der Waals surface area contributed by atoms with E-state index in [-0.39, 0.29) is 40.2 Å². The molecule has 0 aliphatic heterocycles. The Kier molecular flexibility index (Phi) is 14.5.